The van der Waals surface area contributed by atoms with Crippen molar-refractivity contribution in [2.45, 2.75) is 13.8 Å². The first kappa shape index (κ1) is 11.9. The first-order valence-corrected chi connectivity index (χ1v) is 2.45. The van der Waals surface area contributed by atoms with Gasteiger partial charge in [-0.15, -0.1) is 5.76 Å². The van der Waals surface area contributed by atoms with E-state index in [4.69, 9.17) is 0 Å². The van der Waals surface area contributed by atoms with Crippen LogP contribution >= 0.6 is 0 Å². The fraction of sp³-hybridized carbons (Fsp3) is 0.500. The van der Waals surface area contributed by atoms with Crippen molar-refractivity contribution in [1.82, 2.24) is 0 Å². The Labute approximate surface area is 78.0 Å². The molecule has 0 spiro atoms. The molecule has 0 aromatic carbocycles. The molecule has 0 aliphatic carbocycles. The van der Waals surface area contributed by atoms with Crippen LogP contribution in [0.5, 0.6) is 0 Å². The second-order valence-electron chi connectivity index (χ2n) is 1.62. The number of rotatable bonds is 1. The second kappa shape index (κ2) is 6.33. The Balaban J connectivity index is 0. The molecule has 0 aliphatic heterocycles. The molecule has 0 amide bonds. The topological polar surface area (TPSA) is 35.4 Å². The van der Waals surface area contributed by atoms with Gasteiger partial charge in [0, 0.05) is 12.8 Å². The average molecular weight is 135 g/mol. The van der Waals surface area contributed by atoms with E-state index < -0.39 is 0 Å². The summed E-state index contributed by atoms with van der Waals surface area (Å²) in [6.07, 6.45) is 1.50. The van der Waals surface area contributed by atoms with Crippen LogP contribution in [-0.2, 0) is 0 Å². The Morgan fingerprint density at radius 2 is 1.89 bits per heavy atom. The Kier molecular flexibility index (Phi) is 8.40. The summed E-state index contributed by atoms with van der Waals surface area (Å²) in [7, 11) is 1.66. The zero-order valence-electron chi connectivity index (χ0n) is 6.43. The van der Waals surface area contributed by atoms with Gasteiger partial charge in [-0.3, -0.25) is 4.99 Å². The molecule has 0 N–H and O–H groups in total. The molecule has 0 fully saturated rings. The molecule has 0 radical (unpaired) electrons. The Morgan fingerprint density at radius 3 is 2.00 bits per heavy atom. The quantitative estimate of drug-likeness (QED) is 0.220. The van der Waals surface area contributed by atoms with Gasteiger partial charge in [-0.25, -0.2) is 0 Å². The van der Waals surface area contributed by atoms with Crippen molar-refractivity contribution in [3.63, 3.8) is 0 Å². The molecule has 0 atom stereocenters. The molecule has 0 bridgehead atoms. The van der Waals surface area contributed by atoms with Gasteiger partial charge in [-0.05, 0) is 6.92 Å². The zero-order chi connectivity index (χ0) is 6.57. The van der Waals surface area contributed by atoms with E-state index in [2.05, 4.69) is 4.99 Å². The third-order valence-corrected chi connectivity index (χ3v) is 0.765. The summed E-state index contributed by atoms with van der Waals surface area (Å²) < 4.78 is 0. The van der Waals surface area contributed by atoms with Crippen LogP contribution in [0.25, 0.3) is 0 Å². The molecule has 0 saturated heterocycles. The summed E-state index contributed by atoms with van der Waals surface area (Å²) in [5.41, 5.74) is 0.775. The maximum absolute atomic E-state index is 10.3. The van der Waals surface area contributed by atoms with Gasteiger partial charge in [0.15, 0.2) is 0 Å². The summed E-state index contributed by atoms with van der Waals surface area (Å²) in [5.74, 6) is 0.0492. The van der Waals surface area contributed by atoms with E-state index >= 15 is 0 Å². The third kappa shape index (κ3) is 8.21. The standard InChI is InChI=1S/C6H11NO.Na/c1-5(7-3)4-6(2)8;/h4,8H,1-3H3;/q;+1/p-1/b6-4-,7-5?;. The Hall–Kier alpha value is 0.210. The molecule has 0 aromatic rings. The fourth-order valence-electron chi connectivity index (χ4n) is 0.359. The van der Waals surface area contributed by atoms with Crippen molar-refractivity contribution < 1.29 is 34.7 Å². The van der Waals surface area contributed by atoms with Gasteiger partial charge in [0.25, 0.3) is 0 Å². The van der Waals surface area contributed by atoms with Crippen LogP contribution in [0, 0.1) is 0 Å². The molecule has 0 saturated carbocycles. The zero-order valence-corrected chi connectivity index (χ0v) is 8.43. The van der Waals surface area contributed by atoms with Gasteiger partial charge < -0.3 is 5.11 Å². The predicted octanol–water partition coefficient (Wildman–Crippen LogP) is -2.65. The molecule has 46 valence electrons. The molecule has 0 rings (SSSR count). The minimum Gasteiger partial charge on any atom is -0.876 e. The maximum atomic E-state index is 10.3. The van der Waals surface area contributed by atoms with Gasteiger partial charge in [0.1, 0.15) is 0 Å². The normalized spacial score (nSPS) is 12.8. The maximum Gasteiger partial charge on any atom is 1.00 e. The van der Waals surface area contributed by atoms with E-state index in [-0.39, 0.29) is 35.3 Å². The SMILES string of the molecule is CN=C(C)/C=C(/C)[O-].[Na+]. The van der Waals surface area contributed by atoms with E-state index in [0.717, 1.165) is 5.71 Å². The summed E-state index contributed by atoms with van der Waals surface area (Å²) in [5, 5.41) is 10.3. The molecule has 2 nitrogen and oxygen atoms in total. The van der Waals surface area contributed by atoms with Gasteiger partial charge in [0.05, 0.1) is 0 Å². The summed E-state index contributed by atoms with van der Waals surface area (Å²) in [6, 6.07) is 0. The van der Waals surface area contributed by atoms with Crippen LogP contribution < -0.4 is 34.7 Å². The number of hydrogen-bond acceptors (Lipinski definition) is 2. The molecular formula is C6H10NNaO. The molecule has 9 heavy (non-hydrogen) atoms. The third-order valence-electron chi connectivity index (χ3n) is 0.765. The largest absolute Gasteiger partial charge is 1.00 e. The number of aliphatic imine (C=N–C) groups is 1. The van der Waals surface area contributed by atoms with Gasteiger partial charge in [-0.2, -0.15) is 0 Å². The molecule has 0 aromatic heterocycles. The van der Waals surface area contributed by atoms with Gasteiger partial charge in [0.2, 0.25) is 0 Å². The smallest absolute Gasteiger partial charge is 0.876 e. The van der Waals surface area contributed by atoms with Crippen LogP contribution in [0.4, 0.5) is 0 Å². The Bertz CT molecular complexity index is 125. The average Bonchev–Trinajstić information content (AvgIpc) is 1.65. The van der Waals surface area contributed by atoms with Crippen molar-refractivity contribution in [2.75, 3.05) is 7.05 Å². The van der Waals surface area contributed by atoms with Crippen molar-refractivity contribution in [1.29, 1.82) is 0 Å². The Morgan fingerprint density at radius 1 is 1.44 bits per heavy atom. The first-order valence-electron chi connectivity index (χ1n) is 2.45. The van der Waals surface area contributed by atoms with Crippen LogP contribution in [-0.4, -0.2) is 12.8 Å². The van der Waals surface area contributed by atoms with E-state index in [0.29, 0.717) is 0 Å². The van der Waals surface area contributed by atoms with Crippen molar-refractivity contribution in [2.24, 2.45) is 4.99 Å². The first-order chi connectivity index (χ1) is 3.66. The van der Waals surface area contributed by atoms with E-state index in [1.807, 2.05) is 0 Å². The van der Waals surface area contributed by atoms with Crippen LogP contribution in [0.15, 0.2) is 16.8 Å². The van der Waals surface area contributed by atoms with Gasteiger partial charge >= 0.3 is 29.6 Å². The van der Waals surface area contributed by atoms with E-state index in [1.165, 1.54) is 13.0 Å². The molecule has 3 heteroatoms. The number of nitrogens with zero attached hydrogens (tertiary/aromatic N) is 1. The second-order valence-corrected chi connectivity index (χ2v) is 1.62. The summed E-state index contributed by atoms with van der Waals surface area (Å²) in [6.45, 7) is 3.30. The van der Waals surface area contributed by atoms with Crippen LogP contribution in [0.2, 0.25) is 0 Å². The molecule has 0 heterocycles. The monoisotopic (exact) mass is 135 g/mol. The van der Waals surface area contributed by atoms with Crippen LogP contribution in [0.1, 0.15) is 13.8 Å². The van der Waals surface area contributed by atoms with Crippen molar-refractivity contribution in [3.8, 4) is 0 Å². The predicted molar refractivity (Wildman–Crippen MR) is 32.8 cm³/mol. The van der Waals surface area contributed by atoms with E-state index in [9.17, 15) is 5.11 Å². The minimum absolute atomic E-state index is 0. The molecular weight excluding hydrogens is 125 g/mol. The minimum atomic E-state index is 0. The number of hydrogen-bond donors (Lipinski definition) is 0. The van der Waals surface area contributed by atoms with Crippen molar-refractivity contribution >= 4 is 5.71 Å². The fourth-order valence-corrected chi connectivity index (χ4v) is 0.359. The number of allylic oxidation sites excluding steroid dienone is 2. The molecule has 0 unspecified atom stereocenters. The molecule has 0 aliphatic rings. The van der Waals surface area contributed by atoms with Gasteiger partial charge in [-0.1, -0.05) is 13.0 Å². The van der Waals surface area contributed by atoms with E-state index in [1.54, 1.807) is 14.0 Å². The summed E-state index contributed by atoms with van der Waals surface area (Å²) >= 11 is 0. The summed E-state index contributed by atoms with van der Waals surface area (Å²) in [4.78, 5) is 3.77. The van der Waals surface area contributed by atoms with Crippen molar-refractivity contribution in [3.05, 3.63) is 11.8 Å². The van der Waals surface area contributed by atoms with Crippen LogP contribution in [0.3, 0.4) is 0 Å².